The molecule has 1 aromatic carbocycles. The average Bonchev–Trinajstić information content (AvgIpc) is 3.05. The number of likely N-dealkylation sites (N-methyl/N-ethyl adjacent to an activating group) is 1. The number of ether oxygens (including phenoxy) is 1. The van der Waals surface area contributed by atoms with E-state index < -0.39 is 40.5 Å². The van der Waals surface area contributed by atoms with Crippen molar-refractivity contribution in [2.45, 2.75) is 39.1 Å². The van der Waals surface area contributed by atoms with Crippen molar-refractivity contribution in [1.82, 2.24) is 15.2 Å². The number of hydrogen-bond acceptors (Lipinski definition) is 5. The molecule has 1 aromatic heterocycles. The van der Waals surface area contributed by atoms with Crippen LogP contribution in [0.4, 0.5) is 17.6 Å². The first-order chi connectivity index (χ1) is 14.3. The van der Waals surface area contributed by atoms with Gasteiger partial charge in [0.15, 0.2) is 0 Å². The predicted octanol–water partition coefficient (Wildman–Crippen LogP) is 3.32. The summed E-state index contributed by atoms with van der Waals surface area (Å²) in [6.07, 6.45) is -3.41. The summed E-state index contributed by atoms with van der Waals surface area (Å²) in [4.78, 5) is 29.8. The van der Waals surface area contributed by atoms with Gasteiger partial charge in [-0.05, 0) is 32.9 Å². The first-order valence-electron chi connectivity index (χ1n) is 9.21. The third-order valence-electron chi connectivity index (χ3n) is 4.18. The maximum absolute atomic E-state index is 14.2. The quantitative estimate of drug-likeness (QED) is 0.631. The van der Waals surface area contributed by atoms with Crippen LogP contribution in [0, 0.1) is 12.7 Å². The van der Waals surface area contributed by atoms with Gasteiger partial charge in [0, 0.05) is 13.6 Å². The molecule has 2 amide bonds. The average molecular weight is 445 g/mol. The number of carbonyl (C=O) groups is 2. The van der Waals surface area contributed by atoms with Gasteiger partial charge in [-0.1, -0.05) is 6.07 Å². The van der Waals surface area contributed by atoms with Crippen molar-refractivity contribution in [3.8, 4) is 0 Å². The topological polar surface area (TPSA) is 84.7 Å². The molecule has 0 aliphatic heterocycles. The highest BCUT2D eigenvalue weighted by molar-refractivity contribution is 5.95. The van der Waals surface area contributed by atoms with Gasteiger partial charge in [0.2, 0.25) is 11.8 Å². The second kappa shape index (κ2) is 9.46. The molecule has 2 aromatic rings. The largest absolute Gasteiger partial charge is 0.443 e. The number of rotatable bonds is 8. The number of aryl methyl sites for hydroxylation is 1. The van der Waals surface area contributed by atoms with E-state index in [0.29, 0.717) is 17.7 Å². The minimum absolute atomic E-state index is 0.000373. The second-order valence-electron chi connectivity index (χ2n) is 7.61. The van der Waals surface area contributed by atoms with E-state index in [1.54, 1.807) is 20.8 Å². The minimum Gasteiger partial charge on any atom is -0.443 e. The van der Waals surface area contributed by atoms with Gasteiger partial charge in [-0.3, -0.25) is 9.59 Å². The fourth-order valence-corrected chi connectivity index (χ4v) is 2.83. The summed E-state index contributed by atoms with van der Waals surface area (Å²) in [7, 11) is 1.47. The molecule has 0 spiro atoms. The number of aromatic nitrogens is 1. The van der Waals surface area contributed by atoms with Gasteiger partial charge in [0.1, 0.15) is 24.8 Å². The van der Waals surface area contributed by atoms with Crippen LogP contribution in [0.5, 0.6) is 0 Å². The molecule has 0 aliphatic carbocycles. The van der Waals surface area contributed by atoms with Gasteiger partial charge in [0.05, 0.1) is 22.9 Å². The van der Waals surface area contributed by atoms with E-state index in [1.165, 1.54) is 18.1 Å². The highest BCUT2D eigenvalue weighted by Gasteiger charge is 2.36. The third-order valence-corrected chi connectivity index (χ3v) is 4.18. The van der Waals surface area contributed by atoms with Crippen LogP contribution in [-0.2, 0) is 22.3 Å². The molecule has 31 heavy (non-hydrogen) atoms. The Labute approximate surface area is 176 Å². The van der Waals surface area contributed by atoms with Gasteiger partial charge in [-0.25, -0.2) is 9.37 Å². The summed E-state index contributed by atoms with van der Waals surface area (Å²) in [6.45, 7) is 4.55. The van der Waals surface area contributed by atoms with Crippen LogP contribution in [0.2, 0.25) is 0 Å². The zero-order valence-corrected chi connectivity index (χ0v) is 17.5. The standard InChI is InChI=1S/C20H23F4N3O4/c1-12-8-25-15(31-12)9-30-10-16(28)27(4)11-19(2,3)26-18(29)13-6-5-7-14(17(13)21)20(22,23)24/h5-8H,9-11H2,1-4H3,(H,26,29). The van der Waals surface area contributed by atoms with Crippen molar-refractivity contribution in [2.24, 2.45) is 0 Å². The molecule has 11 heteroatoms. The Morgan fingerprint density at radius 1 is 1.26 bits per heavy atom. The number of halogens is 4. The summed E-state index contributed by atoms with van der Waals surface area (Å²) in [5, 5.41) is 2.46. The van der Waals surface area contributed by atoms with Gasteiger partial charge >= 0.3 is 6.18 Å². The Morgan fingerprint density at radius 3 is 2.52 bits per heavy atom. The SMILES string of the molecule is Cc1cnc(COCC(=O)N(C)CC(C)(C)NC(=O)c2cccc(C(F)(F)F)c2F)o1. The predicted molar refractivity (Wildman–Crippen MR) is 101 cm³/mol. The number of nitrogens with one attached hydrogen (secondary N) is 1. The van der Waals surface area contributed by atoms with Crippen LogP contribution in [-0.4, -0.2) is 47.4 Å². The Hall–Kier alpha value is -2.95. The first-order valence-corrected chi connectivity index (χ1v) is 9.21. The number of benzene rings is 1. The zero-order valence-electron chi connectivity index (χ0n) is 17.5. The molecule has 170 valence electrons. The molecule has 0 atom stereocenters. The molecule has 0 unspecified atom stereocenters. The van der Waals surface area contributed by atoms with E-state index >= 15 is 0 Å². The highest BCUT2D eigenvalue weighted by atomic mass is 19.4. The lowest BCUT2D eigenvalue weighted by Gasteiger charge is -2.31. The van der Waals surface area contributed by atoms with Crippen LogP contribution in [0.25, 0.3) is 0 Å². The lowest BCUT2D eigenvalue weighted by atomic mass is 10.0. The molecule has 0 bridgehead atoms. The fourth-order valence-electron chi connectivity index (χ4n) is 2.83. The van der Waals surface area contributed by atoms with Crippen LogP contribution in [0.15, 0.2) is 28.8 Å². The number of alkyl halides is 3. The van der Waals surface area contributed by atoms with E-state index in [1.807, 2.05) is 0 Å². The van der Waals surface area contributed by atoms with Gasteiger partial charge in [0.25, 0.3) is 5.91 Å². The maximum Gasteiger partial charge on any atom is 0.419 e. The van der Waals surface area contributed by atoms with Gasteiger partial charge in [-0.2, -0.15) is 13.2 Å². The van der Waals surface area contributed by atoms with Gasteiger partial charge < -0.3 is 19.4 Å². The summed E-state index contributed by atoms with van der Waals surface area (Å²) in [6, 6.07) is 2.47. The molecule has 1 heterocycles. The number of carbonyl (C=O) groups excluding carboxylic acids is 2. The number of oxazole rings is 1. The fraction of sp³-hybridized carbons (Fsp3) is 0.450. The van der Waals surface area contributed by atoms with E-state index in [0.717, 1.165) is 12.1 Å². The summed E-state index contributed by atoms with van der Waals surface area (Å²) < 4.78 is 63.3. The Kier molecular flexibility index (Phi) is 7.42. The molecule has 2 rings (SSSR count). The van der Waals surface area contributed by atoms with Crippen molar-refractivity contribution in [1.29, 1.82) is 0 Å². The van der Waals surface area contributed by atoms with Crippen LogP contribution in [0.3, 0.4) is 0 Å². The monoisotopic (exact) mass is 445 g/mol. The summed E-state index contributed by atoms with van der Waals surface area (Å²) in [5.41, 5.74) is -3.33. The van der Waals surface area contributed by atoms with Gasteiger partial charge in [-0.15, -0.1) is 0 Å². The minimum atomic E-state index is -4.92. The molecule has 7 nitrogen and oxygen atoms in total. The number of hydrogen-bond donors (Lipinski definition) is 1. The first kappa shape index (κ1) is 24.3. The Morgan fingerprint density at radius 2 is 1.94 bits per heavy atom. The van der Waals surface area contributed by atoms with Crippen LogP contribution < -0.4 is 5.32 Å². The number of amides is 2. The van der Waals surface area contributed by atoms with Crippen molar-refractivity contribution in [2.75, 3.05) is 20.2 Å². The molecule has 1 N–H and O–H groups in total. The van der Waals surface area contributed by atoms with Crippen molar-refractivity contribution < 1.29 is 36.3 Å². The third kappa shape index (κ3) is 6.78. The molecule has 0 aliphatic rings. The number of nitrogens with zero attached hydrogens (tertiary/aromatic N) is 2. The highest BCUT2D eigenvalue weighted by Crippen LogP contribution is 2.32. The molecule has 0 saturated carbocycles. The molecule has 0 fully saturated rings. The lowest BCUT2D eigenvalue weighted by molar-refractivity contribution is -0.140. The molecule has 0 saturated heterocycles. The lowest BCUT2D eigenvalue weighted by Crippen LogP contribution is -2.52. The Bertz CT molecular complexity index is 941. The second-order valence-corrected chi connectivity index (χ2v) is 7.61. The Balaban J connectivity index is 1.94. The smallest absolute Gasteiger partial charge is 0.419 e. The molecular weight excluding hydrogens is 422 g/mol. The van der Waals surface area contributed by atoms with E-state index in [4.69, 9.17) is 9.15 Å². The van der Waals surface area contributed by atoms with Crippen molar-refractivity contribution in [3.63, 3.8) is 0 Å². The van der Waals surface area contributed by atoms with Crippen LogP contribution >= 0.6 is 0 Å². The van der Waals surface area contributed by atoms with Crippen molar-refractivity contribution in [3.05, 3.63) is 53.0 Å². The van der Waals surface area contributed by atoms with E-state index in [2.05, 4.69) is 10.3 Å². The van der Waals surface area contributed by atoms with E-state index in [-0.39, 0.29) is 19.8 Å². The van der Waals surface area contributed by atoms with E-state index in [9.17, 15) is 27.2 Å². The van der Waals surface area contributed by atoms with Crippen LogP contribution in [0.1, 0.15) is 41.4 Å². The van der Waals surface area contributed by atoms with Crippen molar-refractivity contribution >= 4 is 11.8 Å². The normalized spacial score (nSPS) is 12.0. The maximum atomic E-state index is 14.2. The summed E-state index contributed by atoms with van der Waals surface area (Å²) >= 11 is 0. The summed E-state index contributed by atoms with van der Waals surface area (Å²) in [5.74, 6) is -2.15. The zero-order chi connectivity index (χ0) is 23.4. The molecule has 0 radical (unpaired) electrons. The molecular formula is C20H23F4N3O4.